The van der Waals surface area contributed by atoms with Gasteiger partial charge in [-0.1, -0.05) is 89.2 Å². The summed E-state index contributed by atoms with van der Waals surface area (Å²) in [5.41, 5.74) is 0. The third kappa shape index (κ3) is 21.2. The fourth-order valence-corrected chi connectivity index (χ4v) is 3.57. The predicted octanol–water partition coefficient (Wildman–Crippen LogP) is 7.36. The molecule has 1 amide bonds. The van der Waals surface area contributed by atoms with Gasteiger partial charge < -0.3 is 10.4 Å². The Labute approximate surface area is 191 Å². The van der Waals surface area contributed by atoms with Crippen LogP contribution < -0.4 is 5.32 Å². The summed E-state index contributed by atoms with van der Waals surface area (Å²) in [7, 11) is 0. The van der Waals surface area contributed by atoms with Crippen molar-refractivity contribution in [1.29, 1.82) is 0 Å². The van der Waals surface area contributed by atoms with Gasteiger partial charge in [-0.05, 0) is 57.4 Å². The lowest BCUT2D eigenvalue weighted by molar-refractivity contribution is -0.142. The fraction of sp³-hybridized carbons (Fsp3) is 0.704. The molecule has 0 spiro atoms. The van der Waals surface area contributed by atoms with Gasteiger partial charge in [0.2, 0.25) is 5.91 Å². The minimum atomic E-state index is -0.683. The minimum absolute atomic E-state index is 0.170. The Bertz CT molecular complexity index is 511. The fourth-order valence-electron chi connectivity index (χ4n) is 3.57. The van der Waals surface area contributed by atoms with Crippen LogP contribution in [-0.2, 0) is 9.59 Å². The number of nitrogens with one attached hydrogen (secondary N) is 1. The molecule has 0 aromatic carbocycles. The van der Waals surface area contributed by atoms with Crippen molar-refractivity contribution >= 4 is 11.9 Å². The van der Waals surface area contributed by atoms with E-state index in [1.165, 1.54) is 57.4 Å². The molecule has 0 aliphatic heterocycles. The van der Waals surface area contributed by atoms with E-state index in [1.807, 2.05) is 0 Å². The average molecular weight is 434 g/mol. The number of hydrogen-bond donors (Lipinski definition) is 2. The lowest BCUT2D eigenvalue weighted by Gasteiger charge is -2.12. The summed E-state index contributed by atoms with van der Waals surface area (Å²) in [6, 6.07) is 0. The molecule has 1 atom stereocenters. The average Bonchev–Trinajstić information content (AvgIpc) is 2.76. The molecule has 0 aliphatic rings. The smallest absolute Gasteiger partial charge is 0.306 e. The van der Waals surface area contributed by atoms with Crippen molar-refractivity contribution in [1.82, 2.24) is 5.32 Å². The highest BCUT2D eigenvalue weighted by Gasteiger charge is 2.16. The van der Waals surface area contributed by atoms with Gasteiger partial charge in [0.25, 0.3) is 0 Å². The van der Waals surface area contributed by atoms with E-state index in [9.17, 15) is 14.7 Å². The number of rotatable bonds is 22. The second kappa shape index (κ2) is 22.8. The molecule has 0 fully saturated rings. The summed E-state index contributed by atoms with van der Waals surface area (Å²) in [4.78, 5) is 22.5. The Morgan fingerprint density at radius 2 is 1.35 bits per heavy atom. The number of aliphatic carboxylic acids is 1. The second-order valence-electron chi connectivity index (χ2n) is 8.40. The molecule has 0 aromatic heterocycles. The molecule has 0 rings (SSSR count). The largest absolute Gasteiger partial charge is 0.481 e. The summed E-state index contributed by atoms with van der Waals surface area (Å²) in [5, 5.41) is 12.1. The molecular weight excluding hydrogens is 386 g/mol. The van der Waals surface area contributed by atoms with Crippen LogP contribution in [0.2, 0.25) is 0 Å². The molecule has 0 saturated heterocycles. The molecular formula is C27H47NO3. The first-order valence-electron chi connectivity index (χ1n) is 12.5. The van der Waals surface area contributed by atoms with Crippen LogP contribution in [0.3, 0.4) is 0 Å². The summed E-state index contributed by atoms with van der Waals surface area (Å²) in [6.45, 7) is 6.23. The van der Waals surface area contributed by atoms with Gasteiger partial charge in [-0.2, -0.15) is 0 Å². The van der Waals surface area contributed by atoms with Crippen molar-refractivity contribution < 1.29 is 14.7 Å². The van der Waals surface area contributed by atoms with Gasteiger partial charge >= 0.3 is 5.97 Å². The van der Waals surface area contributed by atoms with E-state index < -0.39 is 5.97 Å². The maximum Gasteiger partial charge on any atom is 0.306 e. The van der Waals surface area contributed by atoms with Crippen LogP contribution in [0.4, 0.5) is 0 Å². The number of carbonyl (C=O) groups is 2. The molecule has 1 unspecified atom stereocenters. The van der Waals surface area contributed by atoms with Gasteiger partial charge in [0, 0.05) is 6.54 Å². The van der Waals surface area contributed by atoms with E-state index in [4.69, 9.17) is 0 Å². The van der Waals surface area contributed by atoms with Gasteiger partial charge in [0.15, 0.2) is 0 Å². The zero-order valence-electron chi connectivity index (χ0n) is 20.0. The molecule has 4 heteroatoms. The highest BCUT2D eigenvalue weighted by Crippen LogP contribution is 2.18. The lowest BCUT2D eigenvalue weighted by Crippen LogP contribution is -2.22. The molecule has 0 aliphatic carbocycles. The van der Waals surface area contributed by atoms with Gasteiger partial charge in [-0.15, -0.1) is 0 Å². The predicted molar refractivity (Wildman–Crippen MR) is 132 cm³/mol. The van der Waals surface area contributed by atoms with Crippen LogP contribution in [0, 0.1) is 5.92 Å². The first-order valence-corrected chi connectivity index (χ1v) is 12.5. The van der Waals surface area contributed by atoms with Gasteiger partial charge in [0.05, 0.1) is 5.92 Å². The van der Waals surface area contributed by atoms with E-state index in [1.54, 1.807) is 0 Å². The number of carboxylic acids is 1. The van der Waals surface area contributed by atoms with E-state index in [0.717, 1.165) is 44.9 Å². The van der Waals surface area contributed by atoms with Crippen LogP contribution in [0.25, 0.3) is 0 Å². The van der Waals surface area contributed by atoms with Crippen LogP contribution in [0.5, 0.6) is 0 Å². The number of allylic oxidation sites excluding steroid dienone is 4. The van der Waals surface area contributed by atoms with Crippen molar-refractivity contribution in [2.24, 2.45) is 5.92 Å². The third-order valence-corrected chi connectivity index (χ3v) is 5.57. The Balaban J connectivity index is 3.55. The highest BCUT2D eigenvalue weighted by molar-refractivity contribution is 5.86. The number of carbonyl (C=O) groups excluding carboxylic acids is 1. The molecule has 4 nitrogen and oxygen atoms in total. The molecule has 0 aromatic rings. The standard InChI is InChI=1S/C27H47NO3/c1-3-5-6-7-8-9-10-11-12-13-14-15-16-17-18-19-22-25(27(30)31)23-20-21-24-28-26(29)4-2/h4,8-9,11-12,25H,2-3,5-7,10,13-24H2,1H3,(H,28,29)(H,30,31)/b9-8-,12-11-. The molecule has 178 valence electrons. The number of amides is 1. The summed E-state index contributed by atoms with van der Waals surface area (Å²) < 4.78 is 0. The normalized spacial score (nSPS) is 12.4. The molecule has 0 radical (unpaired) electrons. The van der Waals surface area contributed by atoms with Crippen LogP contribution in [0.15, 0.2) is 37.0 Å². The number of unbranched alkanes of at least 4 members (excludes halogenated alkanes) is 10. The van der Waals surface area contributed by atoms with E-state index in [-0.39, 0.29) is 11.8 Å². The van der Waals surface area contributed by atoms with Crippen molar-refractivity contribution in [2.75, 3.05) is 6.54 Å². The molecule has 2 N–H and O–H groups in total. The van der Waals surface area contributed by atoms with Crippen LogP contribution in [-0.4, -0.2) is 23.5 Å². The van der Waals surface area contributed by atoms with E-state index in [2.05, 4.69) is 43.1 Å². The summed E-state index contributed by atoms with van der Waals surface area (Å²) in [5.74, 6) is -1.10. The Morgan fingerprint density at radius 3 is 1.94 bits per heavy atom. The Morgan fingerprint density at radius 1 is 0.806 bits per heavy atom. The van der Waals surface area contributed by atoms with Gasteiger partial charge in [-0.3, -0.25) is 9.59 Å². The van der Waals surface area contributed by atoms with Gasteiger partial charge in [-0.25, -0.2) is 0 Å². The Hall–Kier alpha value is -1.84. The van der Waals surface area contributed by atoms with E-state index >= 15 is 0 Å². The third-order valence-electron chi connectivity index (χ3n) is 5.57. The SMILES string of the molecule is C=CC(=O)NCCCCC(CCCCCCCC/C=C\C/C=C\CCCCC)C(=O)O. The topological polar surface area (TPSA) is 66.4 Å². The second-order valence-corrected chi connectivity index (χ2v) is 8.40. The first-order chi connectivity index (χ1) is 15.1. The number of hydrogen-bond acceptors (Lipinski definition) is 2. The van der Waals surface area contributed by atoms with Crippen molar-refractivity contribution in [3.63, 3.8) is 0 Å². The molecule has 0 saturated carbocycles. The molecule has 31 heavy (non-hydrogen) atoms. The quantitative estimate of drug-likeness (QED) is 0.106. The van der Waals surface area contributed by atoms with E-state index in [0.29, 0.717) is 13.0 Å². The highest BCUT2D eigenvalue weighted by atomic mass is 16.4. The minimum Gasteiger partial charge on any atom is -0.481 e. The van der Waals surface area contributed by atoms with Crippen molar-refractivity contribution in [3.05, 3.63) is 37.0 Å². The molecule has 0 heterocycles. The van der Waals surface area contributed by atoms with Gasteiger partial charge in [0.1, 0.15) is 0 Å². The lowest BCUT2D eigenvalue weighted by atomic mass is 9.95. The zero-order chi connectivity index (χ0) is 23.0. The summed E-state index contributed by atoms with van der Waals surface area (Å²) in [6.07, 6.45) is 27.9. The zero-order valence-corrected chi connectivity index (χ0v) is 20.0. The summed E-state index contributed by atoms with van der Waals surface area (Å²) >= 11 is 0. The Kier molecular flexibility index (Phi) is 21.5. The maximum atomic E-state index is 11.4. The van der Waals surface area contributed by atoms with Crippen molar-refractivity contribution in [2.45, 2.75) is 110 Å². The van der Waals surface area contributed by atoms with Crippen LogP contribution in [0.1, 0.15) is 110 Å². The van der Waals surface area contributed by atoms with Crippen molar-refractivity contribution in [3.8, 4) is 0 Å². The molecule has 0 bridgehead atoms. The first kappa shape index (κ1) is 29.2. The van der Waals surface area contributed by atoms with Crippen LogP contribution >= 0.6 is 0 Å². The maximum absolute atomic E-state index is 11.4. The monoisotopic (exact) mass is 433 g/mol. The number of carboxylic acid groups (broad SMARTS) is 1.